The van der Waals surface area contributed by atoms with Crippen LogP contribution in [0.15, 0.2) is 12.1 Å². The summed E-state index contributed by atoms with van der Waals surface area (Å²) < 4.78 is 34.1. The molecule has 1 heterocycles. The topological polar surface area (TPSA) is 21.3 Å². The largest absolute Gasteiger partial charge is 0.496 e. The zero-order valence-electron chi connectivity index (χ0n) is 11.0. The van der Waals surface area contributed by atoms with Crippen LogP contribution in [0.3, 0.4) is 0 Å². The fourth-order valence-electron chi connectivity index (χ4n) is 2.55. The monoisotopic (exact) mass is 255 g/mol. The van der Waals surface area contributed by atoms with Gasteiger partial charge in [-0.2, -0.15) is 0 Å². The molecule has 4 heteroatoms. The number of hydrogen-bond acceptors (Lipinski definition) is 2. The van der Waals surface area contributed by atoms with Crippen molar-refractivity contribution in [3.8, 4) is 5.75 Å². The Bertz CT molecular complexity index is 440. The fourth-order valence-corrected chi connectivity index (χ4v) is 2.55. The lowest BCUT2D eigenvalue weighted by molar-refractivity contribution is -0.0581. The highest BCUT2D eigenvalue weighted by molar-refractivity contribution is 5.43. The third-order valence-electron chi connectivity index (χ3n) is 3.67. The number of hydrogen-bond donors (Lipinski definition) is 1. The van der Waals surface area contributed by atoms with Crippen LogP contribution in [0.25, 0.3) is 0 Å². The SMILES string of the molecule is COc1cc(C)c(C(F)(F)C2CCNC2)cc1C. The maximum absolute atomic E-state index is 14.5. The number of halogens is 2. The van der Waals surface area contributed by atoms with E-state index < -0.39 is 11.8 Å². The fraction of sp³-hybridized carbons (Fsp3) is 0.571. The normalized spacial score (nSPS) is 20.2. The zero-order valence-corrected chi connectivity index (χ0v) is 11.0. The van der Waals surface area contributed by atoms with Crippen molar-refractivity contribution in [2.45, 2.75) is 26.2 Å². The van der Waals surface area contributed by atoms with E-state index in [9.17, 15) is 8.78 Å². The second kappa shape index (κ2) is 4.84. The van der Waals surface area contributed by atoms with E-state index in [4.69, 9.17) is 4.74 Å². The highest BCUT2D eigenvalue weighted by Gasteiger charge is 2.43. The van der Waals surface area contributed by atoms with Crippen molar-refractivity contribution in [3.63, 3.8) is 0 Å². The number of nitrogens with one attached hydrogen (secondary N) is 1. The highest BCUT2D eigenvalue weighted by Crippen LogP contribution is 2.42. The minimum atomic E-state index is -2.77. The third kappa shape index (κ3) is 2.21. The Morgan fingerprint density at radius 2 is 2.00 bits per heavy atom. The Labute approximate surface area is 106 Å². The van der Waals surface area contributed by atoms with Gasteiger partial charge in [-0.05, 0) is 50.1 Å². The van der Waals surface area contributed by atoms with Crippen molar-refractivity contribution in [1.82, 2.24) is 5.32 Å². The lowest BCUT2D eigenvalue weighted by Crippen LogP contribution is -2.28. The van der Waals surface area contributed by atoms with Crippen LogP contribution in [0.2, 0.25) is 0 Å². The van der Waals surface area contributed by atoms with E-state index in [-0.39, 0.29) is 5.56 Å². The molecule has 18 heavy (non-hydrogen) atoms. The average Bonchev–Trinajstić information content (AvgIpc) is 2.85. The summed E-state index contributed by atoms with van der Waals surface area (Å²) in [4.78, 5) is 0. The maximum Gasteiger partial charge on any atom is 0.277 e. The second-order valence-corrected chi connectivity index (χ2v) is 4.95. The molecule has 0 aromatic heterocycles. The van der Waals surface area contributed by atoms with Gasteiger partial charge in [0, 0.05) is 18.0 Å². The summed E-state index contributed by atoms with van der Waals surface area (Å²) in [5, 5.41) is 3.00. The van der Waals surface area contributed by atoms with Gasteiger partial charge in [-0.1, -0.05) is 0 Å². The van der Waals surface area contributed by atoms with Crippen molar-refractivity contribution in [2.24, 2.45) is 5.92 Å². The van der Waals surface area contributed by atoms with E-state index in [0.717, 1.165) is 5.56 Å². The molecule has 1 unspecified atom stereocenters. The van der Waals surface area contributed by atoms with Gasteiger partial charge >= 0.3 is 0 Å². The van der Waals surface area contributed by atoms with Crippen LogP contribution in [0.4, 0.5) is 8.78 Å². The number of rotatable bonds is 3. The molecule has 1 N–H and O–H groups in total. The summed E-state index contributed by atoms with van der Waals surface area (Å²) in [7, 11) is 1.56. The number of alkyl halides is 2. The zero-order chi connectivity index (χ0) is 13.3. The van der Waals surface area contributed by atoms with Gasteiger partial charge in [0.05, 0.1) is 7.11 Å². The predicted molar refractivity (Wildman–Crippen MR) is 67.3 cm³/mol. The summed E-state index contributed by atoms with van der Waals surface area (Å²) >= 11 is 0. The number of benzene rings is 1. The molecule has 1 aromatic rings. The van der Waals surface area contributed by atoms with E-state index in [2.05, 4.69) is 5.32 Å². The molecular formula is C14H19F2NO. The first-order chi connectivity index (χ1) is 8.46. The van der Waals surface area contributed by atoms with Crippen LogP contribution < -0.4 is 10.1 Å². The molecule has 0 saturated carbocycles. The number of aryl methyl sites for hydroxylation is 2. The molecule has 1 aliphatic rings. The quantitative estimate of drug-likeness (QED) is 0.896. The van der Waals surface area contributed by atoms with Gasteiger partial charge < -0.3 is 10.1 Å². The van der Waals surface area contributed by atoms with Crippen molar-refractivity contribution in [3.05, 3.63) is 28.8 Å². The predicted octanol–water partition coefficient (Wildman–Crippen LogP) is 3.01. The van der Waals surface area contributed by atoms with E-state index in [1.54, 1.807) is 33.1 Å². The number of ether oxygens (including phenoxy) is 1. The molecule has 0 radical (unpaired) electrons. The molecule has 2 nitrogen and oxygen atoms in total. The lowest BCUT2D eigenvalue weighted by Gasteiger charge is -2.25. The summed E-state index contributed by atoms with van der Waals surface area (Å²) in [6.45, 7) is 4.57. The van der Waals surface area contributed by atoms with E-state index >= 15 is 0 Å². The summed E-state index contributed by atoms with van der Waals surface area (Å²) in [6, 6.07) is 3.26. The van der Waals surface area contributed by atoms with Crippen LogP contribution in [0, 0.1) is 19.8 Å². The first kappa shape index (κ1) is 13.3. The van der Waals surface area contributed by atoms with Gasteiger partial charge in [-0.15, -0.1) is 0 Å². The lowest BCUT2D eigenvalue weighted by atomic mass is 9.90. The first-order valence-corrected chi connectivity index (χ1v) is 6.21. The molecule has 1 atom stereocenters. The second-order valence-electron chi connectivity index (χ2n) is 4.95. The molecule has 0 bridgehead atoms. The molecule has 1 saturated heterocycles. The van der Waals surface area contributed by atoms with Crippen LogP contribution in [-0.4, -0.2) is 20.2 Å². The summed E-state index contributed by atoms with van der Waals surface area (Å²) in [5.41, 5.74) is 1.48. The average molecular weight is 255 g/mol. The molecule has 2 rings (SSSR count). The van der Waals surface area contributed by atoms with E-state index in [0.29, 0.717) is 30.8 Å². The van der Waals surface area contributed by atoms with Gasteiger partial charge in [0.1, 0.15) is 5.75 Å². The van der Waals surface area contributed by atoms with Crippen molar-refractivity contribution in [2.75, 3.05) is 20.2 Å². The molecule has 100 valence electrons. The molecule has 1 aromatic carbocycles. The molecule has 0 amide bonds. The number of methoxy groups -OCH3 is 1. The molecule has 0 spiro atoms. The Balaban J connectivity index is 2.40. The Kier molecular flexibility index (Phi) is 3.57. The Morgan fingerprint density at radius 3 is 2.56 bits per heavy atom. The van der Waals surface area contributed by atoms with Crippen LogP contribution in [-0.2, 0) is 5.92 Å². The van der Waals surface area contributed by atoms with Crippen molar-refractivity contribution in [1.29, 1.82) is 0 Å². The molecule has 0 aliphatic carbocycles. The van der Waals surface area contributed by atoms with Gasteiger partial charge in [0.15, 0.2) is 0 Å². The molecular weight excluding hydrogens is 236 g/mol. The Morgan fingerprint density at radius 1 is 1.28 bits per heavy atom. The minimum Gasteiger partial charge on any atom is -0.496 e. The standard InChI is InChI=1S/C14H19F2NO/c1-9-7-13(18-3)10(2)6-12(9)14(15,16)11-4-5-17-8-11/h6-7,11,17H,4-5,8H2,1-3H3. The van der Waals surface area contributed by atoms with Gasteiger partial charge in [-0.3, -0.25) is 0 Å². The van der Waals surface area contributed by atoms with Crippen LogP contribution in [0.5, 0.6) is 5.75 Å². The van der Waals surface area contributed by atoms with Gasteiger partial charge in [0.2, 0.25) is 0 Å². The molecule has 1 aliphatic heterocycles. The first-order valence-electron chi connectivity index (χ1n) is 6.21. The minimum absolute atomic E-state index is 0.134. The maximum atomic E-state index is 14.5. The summed E-state index contributed by atoms with van der Waals surface area (Å²) in [5.74, 6) is -2.72. The van der Waals surface area contributed by atoms with E-state index in [1.165, 1.54) is 0 Å². The Hall–Kier alpha value is -1.16. The third-order valence-corrected chi connectivity index (χ3v) is 3.67. The smallest absolute Gasteiger partial charge is 0.277 e. The van der Waals surface area contributed by atoms with Crippen molar-refractivity contribution < 1.29 is 13.5 Å². The van der Waals surface area contributed by atoms with E-state index in [1.807, 2.05) is 0 Å². The van der Waals surface area contributed by atoms with Crippen LogP contribution in [0.1, 0.15) is 23.1 Å². The van der Waals surface area contributed by atoms with Gasteiger partial charge in [-0.25, -0.2) is 8.78 Å². The van der Waals surface area contributed by atoms with Crippen LogP contribution >= 0.6 is 0 Å². The van der Waals surface area contributed by atoms with Gasteiger partial charge in [0.25, 0.3) is 5.92 Å². The summed E-state index contributed by atoms with van der Waals surface area (Å²) in [6.07, 6.45) is 0.525. The molecule has 1 fully saturated rings. The van der Waals surface area contributed by atoms with Crippen molar-refractivity contribution >= 4 is 0 Å². The highest BCUT2D eigenvalue weighted by atomic mass is 19.3.